The Morgan fingerprint density at radius 2 is 1.86 bits per heavy atom. The number of nitrogens with zero attached hydrogens (tertiary/aromatic N) is 2. The maximum atomic E-state index is 4.69. The summed E-state index contributed by atoms with van der Waals surface area (Å²) in [6.45, 7) is 4.34. The van der Waals surface area contributed by atoms with Crippen LogP contribution in [0.2, 0.25) is 0 Å². The van der Waals surface area contributed by atoms with Crippen LogP contribution in [0.25, 0.3) is 11.4 Å². The average molecular weight is 188 g/mol. The van der Waals surface area contributed by atoms with Crippen molar-refractivity contribution in [3.63, 3.8) is 0 Å². The van der Waals surface area contributed by atoms with Gasteiger partial charge in [-0.05, 0) is 11.5 Å². The van der Waals surface area contributed by atoms with Crippen molar-refractivity contribution in [1.29, 1.82) is 0 Å². The Morgan fingerprint density at radius 1 is 1.14 bits per heavy atom. The van der Waals surface area contributed by atoms with Crippen molar-refractivity contribution >= 4 is 0 Å². The van der Waals surface area contributed by atoms with Crippen molar-refractivity contribution in [3.8, 4) is 11.4 Å². The molecule has 0 N–H and O–H groups in total. The molecule has 0 fully saturated rings. The molecule has 1 aromatic carbocycles. The predicted octanol–water partition coefficient (Wildman–Crippen LogP) is 2.86. The molecule has 0 amide bonds. The van der Waals surface area contributed by atoms with Gasteiger partial charge in [0.25, 0.3) is 0 Å². The van der Waals surface area contributed by atoms with Crippen LogP contribution in [0.1, 0.15) is 25.3 Å². The quantitative estimate of drug-likeness (QED) is 0.727. The van der Waals surface area contributed by atoms with E-state index >= 15 is 0 Å². The highest BCUT2D eigenvalue weighted by Crippen LogP contribution is 2.19. The van der Waals surface area contributed by atoms with Crippen LogP contribution in [0.4, 0.5) is 0 Å². The second-order valence-electron chi connectivity index (χ2n) is 3.53. The van der Waals surface area contributed by atoms with Gasteiger partial charge in [0, 0.05) is 5.56 Å². The van der Waals surface area contributed by atoms with E-state index in [2.05, 4.69) is 40.6 Å². The molecule has 0 bridgehead atoms. The molecule has 1 heterocycles. The van der Waals surface area contributed by atoms with Crippen LogP contribution in [0, 0.1) is 0 Å². The van der Waals surface area contributed by atoms with Crippen LogP contribution in [0.5, 0.6) is 0 Å². The highest BCUT2D eigenvalue weighted by Gasteiger charge is 2.03. The molecule has 14 heavy (non-hydrogen) atoms. The van der Waals surface area contributed by atoms with Gasteiger partial charge >= 0.3 is 0 Å². The number of hydrogen-bond acceptors (Lipinski definition) is 3. The Kier molecular flexibility index (Phi) is 2.31. The maximum Gasteiger partial charge on any atom is 0.214 e. The van der Waals surface area contributed by atoms with E-state index in [9.17, 15) is 0 Å². The summed E-state index contributed by atoms with van der Waals surface area (Å²) in [5.41, 5.74) is 2.31. The topological polar surface area (TPSA) is 38.9 Å². The lowest BCUT2D eigenvalue weighted by molar-refractivity contribution is 0.419. The minimum atomic E-state index is 0.550. The molecule has 0 saturated heterocycles. The zero-order valence-electron chi connectivity index (χ0n) is 8.27. The van der Waals surface area contributed by atoms with Crippen LogP contribution >= 0.6 is 0 Å². The summed E-state index contributed by atoms with van der Waals surface area (Å²) < 4.78 is 4.69. The molecule has 0 atom stereocenters. The molecule has 0 aliphatic heterocycles. The van der Waals surface area contributed by atoms with E-state index in [0.29, 0.717) is 11.7 Å². The van der Waals surface area contributed by atoms with Gasteiger partial charge in [0.15, 0.2) is 0 Å². The molecule has 2 aromatic rings. The van der Waals surface area contributed by atoms with E-state index in [4.69, 9.17) is 0 Å². The number of benzene rings is 1. The first-order chi connectivity index (χ1) is 6.77. The smallest absolute Gasteiger partial charge is 0.214 e. The average Bonchev–Trinajstić information content (AvgIpc) is 2.71. The molecule has 3 nitrogen and oxygen atoms in total. The standard InChI is InChI=1S/C11H12N2O/c1-8(2)9-3-5-10(6-4-9)11-12-7-14-13-11/h3-8H,1-2H3. The lowest BCUT2D eigenvalue weighted by Gasteiger charge is -2.04. The number of rotatable bonds is 2. The first-order valence-electron chi connectivity index (χ1n) is 4.64. The zero-order valence-corrected chi connectivity index (χ0v) is 8.27. The highest BCUT2D eigenvalue weighted by molar-refractivity contribution is 5.54. The Hall–Kier alpha value is -1.64. The predicted molar refractivity (Wildman–Crippen MR) is 53.8 cm³/mol. The maximum absolute atomic E-state index is 4.69. The summed E-state index contributed by atoms with van der Waals surface area (Å²) in [5.74, 6) is 1.19. The third kappa shape index (κ3) is 1.66. The van der Waals surface area contributed by atoms with E-state index in [-0.39, 0.29) is 0 Å². The fourth-order valence-electron chi connectivity index (χ4n) is 1.31. The van der Waals surface area contributed by atoms with Crippen molar-refractivity contribution < 1.29 is 4.52 Å². The minimum Gasteiger partial charge on any atom is -0.342 e. The van der Waals surface area contributed by atoms with Gasteiger partial charge in [0.1, 0.15) is 0 Å². The molecule has 0 spiro atoms. The van der Waals surface area contributed by atoms with Gasteiger partial charge in [-0.25, -0.2) is 0 Å². The van der Waals surface area contributed by atoms with Crippen LogP contribution in [0.3, 0.4) is 0 Å². The summed E-state index contributed by atoms with van der Waals surface area (Å²) in [6, 6.07) is 8.22. The van der Waals surface area contributed by atoms with Crippen molar-refractivity contribution in [1.82, 2.24) is 10.1 Å². The molecule has 0 aliphatic carbocycles. The van der Waals surface area contributed by atoms with E-state index in [1.807, 2.05) is 12.1 Å². The van der Waals surface area contributed by atoms with Gasteiger partial charge in [-0.3, -0.25) is 0 Å². The van der Waals surface area contributed by atoms with Crippen LogP contribution in [-0.4, -0.2) is 10.1 Å². The Morgan fingerprint density at radius 3 is 2.36 bits per heavy atom. The SMILES string of the molecule is CC(C)c1ccc(-c2ncon2)cc1. The summed E-state index contributed by atoms with van der Waals surface area (Å²) in [6.07, 6.45) is 1.34. The van der Waals surface area contributed by atoms with E-state index in [1.165, 1.54) is 12.0 Å². The Labute approximate surface area is 82.8 Å². The van der Waals surface area contributed by atoms with Crippen LogP contribution < -0.4 is 0 Å². The summed E-state index contributed by atoms with van der Waals surface area (Å²) in [7, 11) is 0. The van der Waals surface area contributed by atoms with Crippen LogP contribution in [0.15, 0.2) is 35.2 Å². The second-order valence-corrected chi connectivity index (χ2v) is 3.53. The lowest BCUT2D eigenvalue weighted by atomic mass is 10.0. The largest absolute Gasteiger partial charge is 0.342 e. The third-order valence-corrected chi connectivity index (χ3v) is 2.20. The highest BCUT2D eigenvalue weighted by atomic mass is 16.5. The fraction of sp³-hybridized carbons (Fsp3) is 0.273. The molecule has 3 heteroatoms. The fourth-order valence-corrected chi connectivity index (χ4v) is 1.31. The van der Waals surface area contributed by atoms with Crippen molar-refractivity contribution in [2.24, 2.45) is 0 Å². The molecule has 2 rings (SSSR count). The molecule has 72 valence electrons. The third-order valence-electron chi connectivity index (χ3n) is 2.20. The first-order valence-corrected chi connectivity index (χ1v) is 4.64. The lowest BCUT2D eigenvalue weighted by Crippen LogP contribution is -1.87. The molecule has 0 saturated carbocycles. The van der Waals surface area contributed by atoms with Gasteiger partial charge in [-0.1, -0.05) is 43.3 Å². The van der Waals surface area contributed by atoms with Gasteiger partial charge in [-0.15, -0.1) is 0 Å². The number of aromatic nitrogens is 2. The molecule has 0 radical (unpaired) electrons. The van der Waals surface area contributed by atoms with E-state index < -0.39 is 0 Å². The van der Waals surface area contributed by atoms with Gasteiger partial charge in [0.05, 0.1) is 0 Å². The molecule has 0 aliphatic rings. The molecular weight excluding hydrogens is 176 g/mol. The van der Waals surface area contributed by atoms with Crippen molar-refractivity contribution in [2.75, 3.05) is 0 Å². The van der Waals surface area contributed by atoms with Gasteiger partial charge in [-0.2, -0.15) is 4.98 Å². The Bertz CT molecular complexity index is 390. The minimum absolute atomic E-state index is 0.550. The van der Waals surface area contributed by atoms with Gasteiger partial charge < -0.3 is 4.52 Å². The van der Waals surface area contributed by atoms with E-state index in [1.54, 1.807) is 0 Å². The monoisotopic (exact) mass is 188 g/mol. The van der Waals surface area contributed by atoms with Gasteiger partial charge in [0.2, 0.25) is 12.2 Å². The first kappa shape index (κ1) is 8.94. The summed E-state index contributed by atoms with van der Waals surface area (Å²) >= 11 is 0. The number of hydrogen-bond donors (Lipinski definition) is 0. The molecular formula is C11H12N2O. The van der Waals surface area contributed by atoms with Crippen molar-refractivity contribution in [3.05, 3.63) is 36.2 Å². The normalized spacial score (nSPS) is 10.8. The second kappa shape index (κ2) is 3.62. The van der Waals surface area contributed by atoms with Crippen LogP contribution in [-0.2, 0) is 0 Å². The Balaban J connectivity index is 2.31. The van der Waals surface area contributed by atoms with E-state index in [0.717, 1.165) is 5.56 Å². The van der Waals surface area contributed by atoms with Crippen molar-refractivity contribution in [2.45, 2.75) is 19.8 Å². The summed E-state index contributed by atoms with van der Waals surface area (Å²) in [4.78, 5) is 3.98. The zero-order chi connectivity index (χ0) is 9.97. The summed E-state index contributed by atoms with van der Waals surface area (Å²) in [5, 5.41) is 3.77. The molecule has 1 aromatic heterocycles. The molecule has 0 unspecified atom stereocenters.